The van der Waals surface area contributed by atoms with Crippen LogP contribution in [-0.4, -0.2) is 50.3 Å². The number of ether oxygens (including phenoxy) is 1. The standard InChI is InChI=1S/C21H25ClN4O3S/c1-3-16-23-21-26(24-16)19(27)18(30-21)17(13-7-9-15(22)10-8-13)25-11-5-6-14(12-25)20(28)29-4-2/h7-10,14,17,27H,3-6,11-12H2,1-2H3/t14-,17-/m0/s1. The van der Waals surface area contributed by atoms with E-state index in [2.05, 4.69) is 15.0 Å². The molecule has 1 aliphatic heterocycles. The van der Waals surface area contributed by atoms with Crippen LogP contribution in [0.4, 0.5) is 0 Å². The summed E-state index contributed by atoms with van der Waals surface area (Å²) in [5.41, 5.74) is 0.999. The molecule has 0 saturated carbocycles. The Morgan fingerprint density at radius 1 is 1.37 bits per heavy atom. The summed E-state index contributed by atoms with van der Waals surface area (Å²) < 4.78 is 6.78. The van der Waals surface area contributed by atoms with E-state index in [1.54, 1.807) is 0 Å². The van der Waals surface area contributed by atoms with Crippen LogP contribution in [0.25, 0.3) is 4.96 Å². The van der Waals surface area contributed by atoms with Crippen LogP contribution in [0.1, 0.15) is 49.0 Å². The van der Waals surface area contributed by atoms with Crippen LogP contribution in [0.2, 0.25) is 5.02 Å². The van der Waals surface area contributed by atoms with Gasteiger partial charge in [0, 0.05) is 18.0 Å². The number of esters is 1. The zero-order valence-corrected chi connectivity index (χ0v) is 18.6. The second kappa shape index (κ2) is 8.91. The van der Waals surface area contributed by atoms with Crippen molar-refractivity contribution in [2.75, 3.05) is 19.7 Å². The molecular formula is C21H25ClN4O3S. The highest BCUT2D eigenvalue weighted by Gasteiger charge is 2.35. The van der Waals surface area contributed by atoms with E-state index in [1.807, 2.05) is 38.1 Å². The third kappa shape index (κ3) is 4.04. The molecule has 0 unspecified atom stereocenters. The Morgan fingerprint density at radius 3 is 2.80 bits per heavy atom. The van der Waals surface area contributed by atoms with Gasteiger partial charge in [-0.15, -0.1) is 5.10 Å². The fourth-order valence-electron chi connectivity index (χ4n) is 3.99. The first-order chi connectivity index (χ1) is 14.5. The predicted molar refractivity (Wildman–Crippen MR) is 116 cm³/mol. The molecular weight excluding hydrogens is 424 g/mol. The lowest BCUT2D eigenvalue weighted by molar-refractivity contribution is -0.150. The first-order valence-electron chi connectivity index (χ1n) is 10.2. The molecule has 1 saturated heterocycles. The fourth-order valence-corrected chi connectivity index (χ4v) is 5.25. The van der Waals surface area contributed by atoms with Gasteiger partial charge in [-0.3, -0.25) is 9.69 Å². The first kappa shape index (κ1) is 21.1. The van der Waals surface area contributed by atoms with Gasteiger partial charge in [0.2, 0.25) is 10.8 Å². The molecule has 4 rings (SSSR count). The second-order valence-electron chi connectivity index (χ2n) is 7.41. The summed E-state index contributed by atoms with van der Waals surface area (Å²) in [5.74, 6) is 0.466. The van der Waals surface area contributed by atoms with Crippen molar-refractivity contribution < 1.29 is 14.6 Å². The molecule has 160 valence electrons. The molecule has 9 heteroatoms. The number of thiazole rings is 1. The number of aromatic nitrogens is 3. The maximum Gasteiger partial charge on any atom is 0.310 e. The zero-order valence-electron chi connectivity index (χ0n) is 17.0. The van der Waals surface area contributed by atoms with E-state index in [0.29, 0.717) is 35.4 Å². The molecule has 0 bridgehead atoms. The topological polar surface area (TPSA) is 80.0 Å². The Balaban J connectivity index is 1.73. The lowest BCUT2D eigenvalue weighted by atomic mass is 9.94. The molecule has 2 atom stereocenters. The molecule has 3 heterocycles. The monoisotopic (exact) mass is 448 g/mol. The Bertz CT molecular complexity index is 1030. The molecule has 1 N–H and O–H groups in total. The number of carbonyl (C=O) groups excluding carboxylic acids is 1. The lowest BCUT2D eigenvalue weighted by Crippen LogP contribution is -2.41. The third-order valence-corrected chi connectivity index (χ3v) is 6.76. The predicted octanol–water partition coefficient (Wildman–Crippen LogP) is 4.08. The highest BCUT2D eigenvalue weighted by Crippen LogP contribution is 2.41. The van der Waals surface area contributed by atoms with Crippen LogP contribution in [0, 0.1) is 5.92 Å². The molecule has 0 amide bonds. The minimum atomic E-state index is -0.224. The Hall–Kier alpha value is -2.16. The summed E-state index contributed by atoms with van der Waals surface area (Å²) >= 11 is 7.54. The molecule has 30 heavy (non-hydrogen) atoms. The van der Waals surface area contributed by atoms with Crippen molar-refractivity contribution in [3.63, 3.8) is 0 Å². The van der Waals surface area contributed by atoms with E-state index < -0.39 is 0 Å². The Kier molecular flexibility index (Phi) is 6.26. The van der Waals surface area contributed by atoms with Gasteiger partial charge in [-0.25, -0.2) is 4.98 Å². The van der Waals surface area contributed by atoms with E-state index in [-0.39, 0.29) is 23.8 Å². The third-order valence-electron chi connectivity index (χ3n) is 5.43. The van der Waals surface area contributed by atoms with Gasteiger partial charge < -0.3 is 9.84 Å². The van der Waals surface area contributed by atoms with E-state index in [4.69, 9.17) is 16.3 Å². The average molecular weight is 449 g/mol. The van der Waals surface area contributed by atoms with Gasteiger partial charge in [0.1, 0.15) is 0 Å². The number of fused-ring (bicyclic) bond motifs is 1. The van der Waals surface area contributed by atoms with Gasteiger partial charge in [0.25, 0.3) is 0 Å². The minimum absolute atomic E-state index is 0.0976. The molecule has 1 aliphatic rings. The van der Waals surface area contributed by atoms with Gasteiger partial charge in [0.15, 0.2) is 5.82 Å². The largest absolute Gasteiger partial charge is 0.492 e. The van der Waals surface area contributed by atoms with E-state index in [0.717, 1.165) is 29.8 Å². The maximum absolute atomic E-state index is 12.4. The molecule has 0 aliphatic carbocycles. The number of aryl methyl sites for hydroxylation is 1. The summed E-state index contributed by atoms with van der Waals surface area (Å²) in [7, 11) is 0. The second-order valence-corrected chi connectivity index (χ2v) is 8.85. The number of piperidine rings is 1. The molecule has 7 nitrogen and oxygen atoms in total. The minimum Gasteiger partial charge on any atom is -0.492 e. The smallest absolute Gasteiger partial charge is 0.310 e. The highest BCUT2D eigenvalue weighted by molar-refractivity contribution is 7.17. The molecule has 0 radical (unpaired) electrons. The normalized spacial score (nSPS) is 18.6. The number of hydrogen-bond donors (Lipinski definition) is 1. The summed E-state index contributed by atoms with van der Waals surface area (Å²) in [4.78, 5) is 20.6. The van der Waals surface area contributed by atoms with Crippen molar-refractivity contribution in [1.82, 2.24) is 19.5 Å². The van der Waals surface area contributed by atoms with Crippen LogP contribution in [0.15, 0.2) is 24.3 Å². The quantitative estimate of drug-likeness (QED) is 0.572. The Morgan fingerprint density at radius 2 is 2.13 bits per heavy atom. The number of aromatic hydroxyl groups is 1. The van der Waals surface area contributed by atoms with Crippen molar-refractivity contribution in [1.29, 1.82) is 0 Å². The fraction of sp³-hybridized carbons (Fsp3) is 0.476. The maximum atomic E-state index is 12.4. The van der Waals surface area contributed by atoms with Crippen molar-refractivity contribution in [2.24, 2.45) is 5.92 Å². The Labute approximate surface area is 184 Å². The van der Waals surface area contributed by atoms with Crippen LogP contribution in [-0.2, 0) is 16.0 Å². The number of likely N-dealkylation sites (tertiary alicyclic amines) is 1. The molecule has 1 aromatic carbocycles. The van der Waals surface area contributed by atoms with Gasteiger partial charge >= 0.3 is 5.97 Å². The van der Waals surface area contributed by atoms with Crippen molar-refractivity contribution in [3.8, 4) is 5.88 Å². The number of nitrogens with zero attached hydrogens (tertiary/aromatic N) is 4. The SMILES string of the molecule is CCOC(=O)[C@H]1CCCN([C@@H](c2ccc(Cl)cc2)c2sc3nc(CC)nn3c2O)C1. The molecule has 1 fully saturated rings. The van der Waals surface area contributed by atoms with Crippen molar-refractivity contribution in [2.45, 2.75) is 39.2 Å². The van der Waals surface area contributed by atoms with Crippen molar-refractivity contribution >= 4 is 33.9 Å². The number of hydrogen-bond acceptors (Lipinski definition) is 7. The zero-order chi connectivity index (χ0) is 21.3. The summed E-state index contributed by atoms with van der Waals surface area (Å²) in [6.45, 7) is 5.57. The number of rotatable bonds is 6. The van der Waals surface area contributed by atoms with E-state index >= 15 is 0 Å². The van der Waals surface area contributed by atoms with Crippen LogP contribution >= 0.6 is 22.9 Å². The summed E-state index contributed by atoms with van der Waals surface area (Å²) in [6.07, 6.45) is 2.40. The van der Waals surface area contributed by atoms with E-state index in [1.165, 1.54) is 15.9 Å². The summed E-state index contributed by atoms with van der Waals surface area (Å²) in [5, 5.41) is 16.1. The lowest BCUT2D eigenvalue weighted by Gasteiger charge is -2.37. The van der Waals surface area contributed by atoms with Crippen LogP contribution in [0.3, 0.4) is 0 Å². The van der Waals surface area contributed by atoms with Gasteiger partial charge in [-0.2, -0.15) is 4.52 Å². The molecule has 0 spiro atoms. The number of halogens is 1. The summed E-state index contributed by atoms with van der Waals surface area (Å²) in [6, 6.07) is 7.40. The molecule has 2 aromatic heterocycles. The average Bonchev–Trinajstić information content (AvgIpc) is 3.29. The first-order valence-corrected chi connectivity index (χ1v) is 11.4. The van der Waals surface area contributed by atoms with Gasteiger partial charge in [0.05, 0.1) is 23.4 Å². The van der Waals surface area contributed by atoms with Crippen LogP contribution in [0.5, 0.6) is 5.88 Å². The van der Waals surface area contributed by atoms with Crippen LogP contribution < -0.4 is 0 Å². The number of carbonyl (C=O) groups is 1. The van der Waals surface area contributed by atoms with E-state index in [9.17, 15) is 9.90 Å². The molecule has 3 aromatic rings. The van der Waals surface area contributed by atoms with Gasteiger partial charge in [-0.1, -0.05) is 42.0 Å². The van der Waals surface area contributed by atoms with Gasteiger partial charge in [-0.05, 0) is 44.0 Å². The highest BCUT2D eigenvalue weighted by atomic mass is 35.5. The number of benzene rings is 1. The van der Waals surface area contributed by atoms with Crippen molar-refractivity contribution in [3.05, 3.63) is 45.6 Å².